The Labute approximate surface area is 112 Å². The number of nitrogens with zero attached hydrogens (tertiary/aromatic N) is 2. The van der Waals surface area contributed by atoms with E-state index in [9.17, 15) is 5.11 Å². The maximum atomic E-state index is 9.49. The first kappa shape index (κ1) is 12.1. The molecular weight excluding hydrogens is 238 g/mol. The zero-order chi connectivity index (χ0) is 13.1. The van der Waals surface area contributed by atoms with Gasteiger partial charge in [-0.05, 0) is 24.8 Å². The van der Waals surface area contributed by atoms with Gasteiger partial charge in [-0.2, -0.15) is 0 Å². The molecule has 2 N–H and O–H groups in total. The van der Waals surface area contributed by atoms with Crippen LogP contribution in [0, 0.1) is 0 Å². The third-order valence-electron chi connectivity index (χ3n) is 3.50. The Morgan fingerprint density at radius 2 is 1.74 bits per heavy atom. The lowest BCUT2D eigenvalue weighted by molar-refractivity contribution is 0.182. The zero-order valence-corrected chi connectivity index (χ0v) is 10.7. The molecule has 0 saturated heterocycles. The molecule has 0 aliphatic heterocycles. The smallest absolute Gasteiger partial charge is 0.222 e. The summed E-state index contributed by atoms with van der Waals surface area (Å²) in [6, 6.07) is 10.4. The van der Waals surface area contributed by atoms with Crippen LogP contribution < -0.4 is 5.32 Å². The van der Waals surface area contributed by atoms with Crippen molar-refractivity contribution in [2.24, 2.45) is 0 Å². The van der Waals surface area contributed by atoms with Gasteiger partial charge in [0.15, 0.2) is 0 Å². The van der Waals surface area contributed by atoms with Gasteiger partial charge in [0.1, 0.15) is 0 Å². The highest BCUT2D eigenvalue weighted by Gasteiger charge is 2.22. The third kappa shape index (κ3) is 2.90. The minimum atomic E-state index is -0.180. The Morgan fingerprint density at radius 1 is 1.00 bits per heavy atom. The monoisotopic (exact) mass is 255 g/mol. The minimum absolute atomic E-state index is 0.180. The largest absolute Gasteiger partial charge is 0.393 e. The predicted molar refractivity (Wildman–Crippen MR) is 74.7 cm³/mol. The number of aliphatic hydroxyl groups excluding tert-OH is 1. The lowest BCUT2D eigenvalue weighted by Crippen LogP contribution is -2.18. The Bertz CT molecular complexity index is 527. The van der Waals surface area contributed by atoms with Gasteiger partial charge in [0.2, 0.25) is 5.95 Å². The fraction of sp³-hybridized carbons (Fsp3) is 0.333. The highest BCUT2D eigenvalue weighted by molar-refractivity contribution is 5.61. The average molecular weight is 255 g/mol. The summed E-state index contributed by atoms with van der Waals surface area (Å²) in [6.45, 7) is 0. The number of hydrogen-bond donors (Lipinski definition) is 2. The summed E-state index contributed by atoms with van der Waals surface area (Å²) in [5.41, 5.74) is 2.13. The van der Waals surface area contributed by atoms with Crippen molar-refractivity contribution in [2.45, 2.75) is 31.4 Å². The van der Waals surface area contributed by atoms with Gasteiger partial charge >= 0.3 is 0 Å². The van der Waals surface area contributed by atoms with E-state index in [1.165, 1.54) is 0 Å². The standard InChI is InChI=1S/C15H17N3O/c19-14-7-6-13(8-14)18-15-16-9-12(10-17-15)11-4-2-1-3-5-11/h1-5,9-10,13-14,19H,6-8H2,(H,16,17,18). The summed E-state index contributed by atoms with van der Waals surface area (Å²) in [4.78, 5) is 8.68. The summed E-state index contributed by atoms with van der Waals surface area (Å²) in [7, 11) is 0. The van der Waals surface area contributed by atoms with E-state index in [1.54, 1.807) is 0 Å². The van der Waals surface area contributed by atoms with E-state index in [1.807, 2.05) is 42.7 Å². The van der Waals surface area contributed by atoms with E-state index in [0.29, 0.717) is 5.95 Å². The maximum Gasteiger partial charge on any atom is 0.222 e. The van der Waals surface area contributed by atoms with Crippen LogP contribution in [0.4, 0.5) is 5.95 Å². The van der Waals surface area contributed by atoms with E-state index >= 15 is 0 Å². The molecule has 1 heterocycles. The van der Waals surface area contributed by atoms with Crippen molar-refractivity contribution in [3.8, 4) is 11.1 Å². The molecule has 0 amide bonds. The van der Waals surface area contributed by atoms with Gasteiger partial charge in [0, 0.05) is 24.0 Å². The number of hydrogen-bond acceptors (Lipinski definition) is 4. The molecule has 0 bridgehead atoms. The lowest BCUT2D eigenvalue weighted by atomic mass is 10.1. The van der Waals surface area contributed by atoms with Crippen molar-refractivity contribution in [1.82, 2.24) is 9.97 Å². The molecule has 19 heavy (non-hydrogen) atoms. The van der Waals surface area contributed by atoms with Gasteiger partial charge in [-0.15, -0.1) is 0 Å². The lowest BCUT2D eigenvalue weighted by Gasteiger charge is -2.11. The van der Waals surface area contributed by atoms with Crippen molar-refractivity contribution in [3.05, 3.63) is 42.7 Å². The van der Waals surface area contributed by atoms with Crippen molar-refractivity contribution < 1.29 is 5.11 Å². The molecule has 3 rings (SSSR count). The van der Waals surface area contributed by atoms with E-state index < -0.39 is 0 Å². The Kier molecular flexibility index (Phi) is 3.42. The normalized spacial score (nSPS) is 22.4. The molecule has 2 unspecified atom stereocenters. The zero-order valence-electron chi connectivity index (χ0n) is 10.7. The van der Waals surface area contributed by atoms with Gasteiger partial charge in [-0.1, -0.05) is 30.3 Å². The molecule has 2 aromatic rings. The molecule has 0 spiro atoms. The molecule has 1 aromatic carbocycles. The molecule has 2 atom stereocenters. The fourth-order valence-corrected chi connectivity index (χ4v) is 2.45. The van der Waals surface area contributed by atoms with Gasteiger partial charge in [-0.3, -0.25) is 0 Å². The second kappa shape index (κ2) is 5.36. The molecule has 4 nitrogen and oxygen atoms in total. The van der Waals surface area contributed by atoms with Crippen LogP contribution in [-0.4, -0.2) is 27.2 Å². The van der Waals surface area contributed by atoms with Crippen LogP contribution in [0.2, 0.25) is 0 Å². The van der Waals surface area contributed by atoms with Crippen molar-refractivity contribution in [2.75, 3.05) is 5.32 Å². The Balaban J connectivity index is 1.69. The first-order chi connectivity index (χ1) is 9.31. The summed E-state index contributed by atoms with van der Waals surface area (Å²) >= 11 is 0. The van der Waals surface area contributed by atoms with Gasteiger partial charge < -0.3 is 10.4 Å². The van der Waals surface area contributed by atoms with Crippen molar-refractivity contribution in [3.63, 3.8) is 0 Å². The topological polar surface area (TPSA) is 58.0 Å². The number of nitrogens with one attached hydrogen (secondary N) is 1. The quantitative estimate of drug-likeness (QED) is 0.884. The number of aromatic nitrogens is 2. The van der Waals surface area contributed by atoms with Crippen LogP contribution in [0.3, 0.4) is 0 Å². The number of anilines is 1. The molecular formula is C15H17N3O. The minimum Gasteiger partial charge on any atom is -0.393 e. The molecule has 1 aliphatic carbocycles. The van der Waals surface area contributed by atoms with Crippen LogP contribution in [0.25, 0.3) is 11.1 Å². The summed E-state index contributed by atoms with van der Waals surface area (Å²) in [5.74, 6) is 0.638. The second-order valence-corrected chi connectivity index (χ2v) is 4.97. The first-order valence-corrected chi connectivity index (χ1v) is 6.63. The van der Waals surface area contributed by atoms with Gasteiger partial charge in [0.25, 0.3) is 0 Å². The summed E-state index contributed by atoms with van der Waals surface area (Å²) in [5, 5.41) is 12.8. The summed E-state index contributed by atoms with van der Waals surface area (Å²) in [6.07, 6.45) is 6.10. The van der Waals surface area contributed by atoms with Crippen LogP contribution >= 0.6 is 0 Å². The second-order valence-electron chi connectivity index (χ2n) is 4.97. The number of benzene rings is 1. The van der Waals surface area contributed by atoms with Crippen LogP contribution in [0.5, 0.6) is 0 Å². The van der Waals surface area contributed by atoms with E-state index in [4.69, 9.17) is 0 Å². The van der Waals surface area contributed by atoms with Crippen molar-refractivity contribution >= 4 is 5.95 Å². The Morgan fingerprint density at radius 3 is 2.37 bits per heavy atom. The van der Waals surface area contributed by atoms with Crippen LogP contribution in [0.15, 0.2) is 42.7 Å². The SMILES string of the molecule is OC1CCC(Nc2ncc(-c3ccccc3)cn2)C1. The Hall–Kier alpha value is -1.94. The average Bonchev–Trinajstić information content (AvgIpc) is 2.86. The van der Waals surface area contributed by atoms with E-state index in [0.717, 1.165) is 30.4 Å². The molecule has 0 radical (unpaired) electrons. The highest BCUT2D eigenvalue weighted by atomic mass is 16.3. The van der Waals surface area contributed by atoms with Crippen LogP contribution in [-0.2, 0) is 0 Å². The number of rotatable bonds is 3. The van der Waals surface area contributed by atoms with Gasteiger partial charge in [0.05, 0.1) is 6.10 Å². The highest BCUT2D eigenvalue weighted by Crippen LogP contribution is 2.22. The van der Waals surface area contributed by atoms with Crippen LogP contribution in [0.1, 0.15) is 19.3 Å². The third-order valence-corrected chi connectivity index (χ3v) is 3.50. The fourth-order valence-electron chi connectivity index (χ4n) is 2.45. The predicted octanol–water partition coefficient (Wildman–Crippen LogP) is 2.47. The van der Waals surface area contributed by atoms with E-state index in [-0.39, 0.29) is 12.1 Å². The molecule has 1 aromatic heterocycles. The van der Waals surface area contributed by atoms with Gasteiger partial charge in [-0.25, -0.2) is 9.97 Å². The summed E-state index contributed by atoms with van der Waals surface area (Å²) < 4.78 is 0. The number of aliphatic hydroxyl groups is 1. The molecule has 98 valence electrons. The molecule has 1 fully saturated rings. The molecule has 1 aliphatic rings. The first-order valence-electron chi connectivity index (χ1n) is 6.63. The van der Waals surface area contributed by atoms with Crippen molar-refractivity contribution in [1.29, 1.82) is 0 Å². The maximum absolute atomic E-state index is 9.49. The van der Waals surface area contributed by atoms with E-state index in [2.05, 4.69) is 15.3 Å². The molecule has 4 heteroatoms. The molecule has 1 saturated carbocycles.